The van der Waals surface area contributed by atoms with E-state index in [-0.39, 0.29) is 18.4 Å². The second-order valence-electron chi connectivity index (χ2n) is 5.44. The Morgan fingerprint density at radius 2 is 1.81 bits per heavy atom. The molecule has 5 heteroatoms. The molecule has 0 fully saturated rings. The van der Waals surface area contributed by atoms with Gasteiger partial charge in [-0.1, -0.05) is 44.2 Å². The molecule has 0 aliphatic heterocycles. The minimum absolute atomic E-state index is 0.0608. The zero-order valence-corrected chi connectivity index (χ0v) is 12.6. The van der Waals surface area contributed by atoms with Crippen LogP contribution in [0.2, 0.25) is 0 Å². The number of carboxylic acid groups (broad SMARTS) is 1. The van der Waals surface area contributed by atoms with Crippen LogP contribution in [0.1, 0.15) is 38.2 Å². The summed E-state index contributed by atoms with van der Waals surface area (Å²) in [5, 5.41) is 14.1. The predicted molar refractivity (Wildman–Crippen MR) is 82.3 cm³/mol. The summed E-state index contributed by atoms with van der Waals surface area (Å²) in [6.07, 6.45) is 0.924. The van der Waals surface area contributed by atoms with E-state index in [0.717, 1.165) is 6.42 Å². The third-order valence-electron chi connectivity index (χ3n) is 3.37. The smallest absolute Gasteiger partial charge is 0.314 e. The second kappa shape index (κ2) is 9.00. The number of aliphatic carboxylic acids is 1. The lowest BCUT2D eigenvalue weighted by atomic mass is 9.98. The summed E-state index contributed by atoms with van der Waals surface area (Å²) in [5.74, 6) is -0.532. The summed E-state index contributed by atoms with van der Waals surface area (Å²) in [4.78, 5) is 22.1. The minimum atomic E-state index is -0.846. The van der Waals surface area contributed by atoms with Crippen molar-refractivity contribution in [2.24, 2.45) is 5.92 Å². The second-order valence-corrected chi connectivity index (χ2v) is 5.44. The van der Waals surface area contributed by atoms with Crippen molar-refractivity contribution in [1.29, 1.82) is 0 Å². The Morgan fingerprint density at radius 1 is 1.14 bits per heavy atom. The first-order valence-electron chi connectivity index (χ1n) is 7.27. The van der Waals surface area contributed by atoms with E-state index in [1.165, 1.54) is 5.56 Å². The first-order chi connectivity index (χ1) is 9.99. The maximum Gasteiger partial charge on any atom is 0.314 e. The van der Waals surface area contributed by atoms with Crippen molar-refractivity contribution in [1.82, 2.24) is 10.6 Å². The van der Waals surface area contributed by atoms with Crippen molar-refractivity contribution in [3.63, 3.8) is 0 Å². The molecule has 0 spiro atoms. The van der Waals surface area contributed by atoms with Gasteiger partial charge >= 0.3 is 12.0 Å². The number of carboxylic acids is 1. The molecule has 0 saturated heterocycles. The Hall–Kier alpha value is -2.04. The van der Waals surface area contributed by atoms with Crippen molar-refractivity contribution in [2.75, 3.05) is 13.1 Å². The van der Waals surface area contributed by atoms with E-state index in [4.69, 9.17) is 5.11 Å². The fourth-order valence-electron chi connectivity index (χ4n) is 2.05. The van der Waals surface area contributed by atoms with Crippen molar-refractivity contribution in [2.45, 2.75) is 32.6 Å². The molecule has 21 heavy (non-hydrogen) atoms. The molecule has 0 bridgehead atoms. The van der Waals surface area contributed by atoms with Gasteiger partial charge in [-0.3, -0.25) is 4.79 Å². The van der Waals surface area contributed by atoms with Gasteiger partial charge in [0.2, 0.25) is 0 Å². The zero-order valence-electron chi connectivity index (χ0n) is 12.6. The van der Waals surface area contributed by atoms with Crippen LogP contribution in [-0.4, -0.2) is 30.2 Å². The van der Waals surface area contributed by atoms with Gasteiger partial charge in [0.25, 0.3) is 0 Å². The van der Waals surface area contributed by atoms with Gasteiger partial charge in [-0.25, -0.2) is 4.79 Å². The molecular formula is C16H24N2O3. The van der Waals surface area contributed by atoms with Crippen molar-refractivity contribution < 1.29 is 14.7 Å². The molecule has 0 heterocycles. The van der Waals surface area contributed by atoms with Gasteiger partial charge in [-0.05, 0) is 23.8 Å². The monoisotopic (exact) mass is 292 g/mol. The number of hydrogen-bond donors (Lipinski definition) is 3. The van der Waals surface area contributed by atoms with Crippen LogP contribution < -0.4 is 10.6 Å². The molecule has 0 saturated carbocycles. The van der Waals surface area contributed by atoms with Crippen LogP contribution >= 0.6 is 0 Å². The van der Waals surface area contributed by atoms with E-state index in [9.17, 15) is 9.59 Å². The van der Waals surface area contributed by atoms with Gasteiger partial charge in [0.05, 0.1) is 0 Å². The van der Waals surface area contributed by atoms with Gasteiger partial charge in [0, 0.05) is 19.5 Å². The maximum atomic E-state index is 11.6. The van der Waals surface area contributed by atoms with Gasteiger partial charge in [0.1, 0.15) is 0 Å². The molecule has 5 nitrogen and oxygen atoms in total. The Bertz CT molecular complexity index is 448. The molecule has 2 amide bonds. The summed E-state index contributed by atoms with van der Waals surface area (Å²) < 4.78 is 0. The fourth-order valence-corrected chi connectivity index (χ4v) is 2.05. The molecule has 0 aromatic heterocycles. The lowest BCUT2D eigenvalue weighted by Gasteiger charge is -2.14. The summed E-state index contributed by atoms with van der Waals surface area (Å²) in [6.45, 7) is 4.89. The number of rotatable bonds is 8. The first-order valence-corrected chi connectivity index (χ1v) is 7.27. The molecule has 1 aromatic rings. The summed E-state index contributed by atoms with van der Waals surface area (Å²) in [7, 11) is 0. The number of nitrogens with one attached hydrogen (secondary N) is 2. The van der Waals surface area contributed by atoms with Crippen molar-refractivity contribution >= 4 is 12.0 Å². The summed E-state index contributed by atoms with van der Waals surface area (Å²) in [5.41, 5.74) is 1.26. The van der Waals surface area contributed by atoms with Crippen LogP contribution in [-0.2, 0) is 4.79 Å². The van der Waals surface area contributed by atoms with Crippen LogP contribution in [0.15, 0.2) is 30.3 Å². The molecule has 0 aliphatic carbocycles. The van der Waals surface area contributed by atoms with E-state index >= 15 is 0 Å². The van der Waals surface area contributed by atoms with E-state index in [1.807, 2.05) is 18.2 Å². The van der Waals surface area contributed by atoms with E-state index in [1.54, 1.807) is 6.92 Å². The quantitative estimate of drug-likeness (QED) is 0.689. The molecule has 1 rings (SSSR count). The number of carbonyl (C=O) groups excluding carboxylic acids is 1. The largest absolute Gasteiger partial charge is 0.481 e. The first kappa shape index (κ1) is 17.0. The number of amides is 2. The number of hydrogen-bond acceptors (Lipinski definition) is 2. The molecule has 1 aromatic carbocycles. The molecule has 2 atom stereocenters. The molecule has 2 unspecified atom stereocenters. The third-order valence-corrected chi connectivity index (χ3v) is 3.37. The highest BCUT2D eigenvalue weighted by Crippen LogP contribution is 2.17. The fraction of sp³-hybridized carbons (Fsp3) is 0.500. The number of urea groups is 1. The number of carbonyl (C=O) groups is 2. The van der Waals surface area contributed by atoms with Gasteiger partial charge in [-0.2, -0.15) is 0 Å². The normalized spacial score (nSPS) is 13.2. The molecular weight excluding hydrogens is 268 g/mol. The van der Waals surface area contributed by atoms with Gasteiger partial charge in [-0.15, -0.1) is 0 Å². The highest BCUT2D eigenvalue weighted by Gasteiger charge is 2.09. The topological polar surface area (TPSA) is 78.4 Å². The van der Waals surface area contributed by atoms with E-state index in [0.29, 0.717) is 19.0 Å². The average Bonchev–Trinajstić information content (AvgIpc) is 2.45. The average molecular weight is 292 g/mol. The molecule has 0 aliphatic rings. The Balaban J connectivity index is 2.17. The Labute approximate surface area is 125 Å². The predicted octanol–water partition coefficient (Wildman–Crippen LogP) is 2.59. The molecule has 116 valence electrons. The van der Waals surface area contributed by atoms with Gasteiger partial charge < -0.3 is 15.7 Å². The Morgan fingerprint density at radius 3 is 2.43 bits per heavy atom. The summed E-state index contributed by atoms with van der Waals surface area (Å²) >= 11 is 0. The van der Waals surface area contributed by atoms with E-state index in [2.05, 4.69) is 29.7 Å². The van der Waals surface area contributed by atoms with Crippen LogP contribution in [0.5, 0.6) is 0 Å². The van der Waals surface area contributed by atoms with Gasteiger partial charge in [0.15, 0.2) is 0 Å². The Kier molecular flexibility index (Phi) is 7.29. The number of benzene rings is 1. The van der Waals surface area contributed by atoms with Crippen LogP contribution in [0.4, 0.5) is 4.79 Å². The SMILES string of the molecule is CC(CNC(=O)NCCC(C)c1ccccc1)CC(=O)O. The lowest BCUT2D eigenvalue weighted by molar-refractivity contribution is -0.137. The summed E-state index contributed by atoms with van der Waals surface area (Å²) in [6, 6.07) is 9.93. The van der Waals surface area contributed by atoms with E-state index < -0.39 is 5.97 Å². The third kappa shape index (κ3) is 7.34. The highest BCUT2D eigenvalue weighted by atomic mass is 16.4. The van der Waals surface area contributed by atoms with Crippen molar-refractivity contribution in [3.05, 3.63) is 35.9 Å². The van der Waals surface area contributed by atoms with Crippen molar-refractivity contribution in [3.8, 4) is 0 Å². The molecule has 3 N–H and O–H groups in total. The van der Waals surface area contributed by atoms with Crippen LogP contribution in [0, 0.1) is 5.92 Å². The standard InChI is InChI=1S/C16H24N2O3/c1-12(10-15(19)20)11-18-16(21)17-9-8-13(2)14-6-4-3-5-7-14/h3-7,12-13H,8-11H2,1-2H3,(H,19,20)(H2,17,18,21). The maximum absolute atomic E-state index is 11.6. The lowest BCUT2D eigenvalue weighted by Crippen LogP contribution is -2.38. The molecule has 0 radical (unpaired) electrons. The zero-order chi connectivity index (χ0) is 15.7. The van der Waals surface area contributed by atoms with Crippen LogP contribution in [0.3, 0.4) is 0 Å². The minimum Gasteiger partial charge on any atom is -0.481 e. The van der Waals surface area contributed by atoms with Crippen LogP contribution in [0.25, 0.3) is 0 Å². The highest BCUT2D eigenvalue weighted by molar-refractivity contribution is 5.74.